The quantitative estimate of drug-likeness (QED) is 0.551. The molecule has 0 saturated carbocycles. The van der Waals surface area contributed by atoms with Gasteiger partial charge >= 0.3 is 0 Å². The van der Waals surface area contributed by atoms with Gasteiger partial charge in [0, 0.05) is 0 Å². The van der Waals surface area contributed by atoms with Crippen LogP contribution >= 0.6 is 0 Å². The van der Waals surface area contributed by atoms with Gasteiger partial charge in [-0.25, -0.2) is 5.43 Å². The molecule has 0 fully saturated rings. The molecule has 0 bridgehead atoms. The van der Waals surface area contributed by atoms with Crippen molar-refractivity contribution in [3.63, 3.8) is 0 Å². The van der Waals surface area contributed by atoms with E-state index in [9.17, 15) is 9.90 Å². The fourth-order valence-electron chi connectivity index (χ4n) is 2.08. The minimum absolute atomic E-state index is 0.0211. The Kier molecular flexibility index (Phi) is 6.67. The topological polar surface area (TPSA) is 98.6 Å². The van der Waals surface area contributed by atoms with E-state index in [1.54, 1.807) is 30.3 Å². The molecule has 138 valence electrons. The minimum atomic E-state index is -0.458. The lowest BCUT2D eigenvalue weighted by Crippen LogP contribution is -2.24. The first-order valence-corrected chi connectivity index (χ1v) is 7.61. The van der Waals surface area contributed by atoms with Crippen LogP contribution in [-0.4, -0.2) is 45.2 Å². The number of benzene rings is 2. The van der Waals surface area contributed by atoms with Crippen molar-refractivity contribution < 1.29 is 28.8 Å². The molecular formula is C18H20N2O6. The summed E-state index contributed by atoms with van der Waals surface area (Å²) in [7, 11) is 4.44. The number of amides is 1. The number of ether oxygens (including phenoxy) is 4. The van der Waals surface area contributed by atoms with Crippen LogP contribution in [0.15, 0.2) is 41.5 Å². The highest BCUT2D eigenvalue weighted by Crippen LogP contribution is 2.36. The molecular weight excluding hydrogens is 340 g/mol. The Morgan fingerprint density at radius 2 is 1.73 bits per heavy atom. The van der Waals surface area contributed by atoms with Gasteiger partial charge in [0.1, 0.15) is 0 Å². The number of para-hydroxylation sites is 1. The molecule has 8 nitrogen and oxygen atoms in total. The second kappa shape index (κ2) is 9.16. The summed E-state index contributed by atoms with van der Waals surface area (Å²) >= 11 is 0. The third kappa shape index (κ3) is 4.79. The number of hydrogen-bond acceptors (Lipinski definition) is 7. The van der Waals surface area contributed by atoms with Crippen LogP contribution in [0.2, 0.25) is 0 Å². The van der Waals surface area contributed by atoms with E-state index in [2.05, 4.69) is 10.5 Å². The molecule has 2 rings (SSSR count). The standard InChI is InChI=1S/C18H20N2O6/c1-23-14-5-4-6-15(24-2)18(14)26-11-17(22)20-19-10-12-7-8-13(21)16(9-12)25-3/h4-10,21H,11H2,1-3H3,(H,20,22). The highest BCUT2D eigenvalue weighted by molar-refractivity contribution is 5.83. The van der Waals surface area contributed by atoms with Crippen LogP contribution in [0.3, 0.4) is 0 Å². The molecule has 0 aliphatic rings. The molecule has 0 radical (unpaired) electrons. The molecule has 0 heterocycles. The van der Waals surface area contributed by atoms with E-state index in [1.807, 2.05) is 0 Å². The third-order valence-corrected chi connectivity index (χ3v) is 3.34. The van der Waals surface area contributed by atoms with Crippen LogP contribution in [-0.2, 0) is 4.79 Å². The number of nitrogens with zero attached hydrogens (tertiary/aromatic N) is 1. The lowest BCUT2D eigenvalue weighted by atomic mass is 10.2. The summed E-state index contributed by atoms with van der Waals surface area (Å²) in [5.41, 5.74) is 2.99. The fraction of sp³-hybridized carbons (Fsp3) is 0.222. The van der Waals surface area contributed by atoms with Gasteiger partial charge in [0.05, 0.1) is 27.5 Å². The molecule has 2 aromatic carbocycles. The monoisotopic (exact) mass is 360 g/mol. The number of phenolic OH excluding ortho intramolecular Hbond substituents is 1. The Morgan fingerprint density at radius 3 is 2.35 bits per heavy atom. The van der Waals surface area contributed by atoms with E-state index in [4.69, 9.17) is 18.9 Å². The summed E-state index contributed by atoms with van der Waals surface area (Å²) < 4.78 is 20.9. The summed E-state index contributed by atoms with van der Waals surface area (Å²) in [6.45, 7) is -0.271. The van der Waals surface area contributed by atoms with Gasteiger partial charge in [-0.3, -0.25) is 4.79 Å². The van der Waals surface area contributed by atoms with Gasteiger partial charge in [0.2, 0.25) is 5.75 Å². The smallest absolute Gasteiger partial charge is 0.277 e. The number of carbonyl (C=O) groups is 1. The fourth-order valence-corrected chi connectivity index (χ4v) is 2.08. The van der Waals surface area contributed by atoms with Crippen molar-refractivity contribution in [2.24, 2.45) is 5.10 Å². The van der Waals surface area contributed by atoms with Crippen molar-refractivity contribution >= 4 is 12.1 Å². The highest BCUT2D eigenvalue weighted by atomic mass is 16.5. The maximum Gasteiger partial charge on any atom is 0.277 e. The molecule has 0 aliphatic heterocycles. The summed E-state index contributed by atoms with van der Waals surface area (Å²) in [6, 6.07) is 9.84. The molecule has 0 atom stereocenters. The number of hydrazone groups is 1. The van der Waals surface area contributed by atoms with Gasteiger partial charge in [-0.2, -0.15) is 5.10 Å². The number of methoxy groups -OCH3 is 3. The lowest BCUT2D eigenvalue weighted by Gasteiger charge is -2.13. The highest BCUT2D eigenvalue weighted by Gasteiger charge is 2.12. The minimum Gasteiger partial charge on any atom is -0.504 e. The maximum atomic E-state index is 11.9. The molecule has 2 aromatic rings. The zero-order chi connectivity index (χ0) is 18.9. The first-order chi connectivity index (χ1) is 12.6. The van der Waals surface area contributed by atoms with Crippen LogP contribution < -0.4 is 24.4 Å². The van der Waals surface area contributed by atoms with Crippen LogP contribution in [0.1, 0.15) is 5.56 Å². The maximum absolute atomic E-state index is 11.9. The average Bonchev–Trinajstić information content (AvgIpc) is 2.67. The zero-order valence-electron chi connectivity index (χ0n) is 14.7. The Labute approximate surface area is 151 Å². The van der Waals surface area contributed by atoms with E-state index in [0.717, 1.165) is 0 Å². The Bertz CT molecular complexity index is 769. The molecule has 0 unspecified atom stereocenters. The first-order valence-electron chi connectivity index (χ1n) is 7.61. The zero-order valence-corrected chi connectivity index (χ0v) is 14.7. The predicted molar refractivity (Wildman–Crippen MR) is 95.4 cm³/mol. The summed E-state index contributed by atoms with van der Waals surface area (Å²) in [6.07, 6.45) is 1.42. The van der Waals surface area contributed by atoms with Crippen molar-refractivity contribution in [1.29, 1.82) is 0 Å². The van der Waals surface area contributed by atoms with Crippen molar-refractivity contribution in [1.82, 2.24) is 5.43 Å². The largest absolute Gasteiger partial charge is 0.504 e. The predicted octanol–water partition coefficient (Wildman–Crippen LogP) is 1.95. The van der Waals surface area contributed by atoms with Gasteiger partial charge in [0.15, 0.2) is 29.6 Å². The van der Waals surface area contributed by atoms with Crippen molar-refractivity contribution in [2.75, 3.05) is 27.9 Å². The number of hydrogen-bond donors (Lipinski definition) is 2. The number of carbonyl (C=O) groups excluding carboxylic acids is 1. The Balaban J connectivity index is 1.94. The summed E-state index contributed by atoms with van der Waals surface area (Å²) in [5.74, 6) is 1.12. The molecule has 26 heavy (non-hydrogen) atoms. The lowest BCUT2D eigenvalue weighted by molar-refractivity contribution is -0.123. The second-order valence-corrected chi connectivity index (χ2v) is 5.00. The van der Waals surface area contributed by atoms with Gasteiger partial charge < -0.3 is 24.1 Å². The SMILES string of the molecule is COc1cc(C=NNC(=O)COc2c(OC)cccc2OC)ccc1O. The first kappa shape index (κ1) is 18.9. The van der Waals surface area contributed by atoms with E-state index >= 15 is 0 Å². The van der Waals surface area contributed by atoms with E-state index in [0.29, 0.717) is 28.6 Å². The van der Waals surface area contributed by atoms with E-state index < -0.39 is 5.91 Å². The molecule has 0 aromatic heterocycles. The molecule has 0 spiro atoms. The van der Waals surface area contributed by atoms with Crippen molar-refractivity contribution in [2.45, 2.75) is 0 Å². The molecule has 0 aliphatic carbocycles. The van der Waals surface area contributed by atoms with Crippen LogP contribution in [0, 0.1) is 0 Å². The molecule has 8 heteroatoms. The third-order valence-electron chi connectivity index (χ3n) is 3.34. The number of phenols is 1. The molecule has 2 N–H and O–H groups in total. The van der Waals surface area contributed by atoms with Gasteiger partial charge in [-0.05, 0) is 35.9 Å². The Hall–Kier alpha value is -3.42. The number of aromatic hydroxyl groups is 1. The van der Waals surface area contributed by atoms with Crippen LogP contribution in [0.5, 0.6) is 28.7 Å². The normalized spacial score (nSPS) is 10.4. The van der Waals surface area contributed by atoms with Gasteiger partial charge in [0.25, 0.3) is 5.91 Å². The summed E-state index contributed by atoms with van der Waals surface area (Å²) in [5, 5.41) is 13.4. The van der Waals surface area contributed by atoms with Gasteiger partial charge in [-0.1, -0.05) is 6.07 Å². The molecule has 1 amide bonds. The van der Waals surface area contributed by atoms with Crippen molar-refractivity contribution in [3.05, 3.63) is 42.0 Å². The summed E-state index contributed by atoms with van der Waals surface area (Å²) in [4.78, 5) is 11.9. The number of nitrogens with one attached hydrogen (secondary N) is 1. The van der Waals surface area contributed by atoms with E-state index in [-0.39, 0.29) is 12.4 Å². The van der Waals surface area contributed by atoms with Gasteiger partial charge in [-0.15, -0.1) is 0 Å². The van der Waals surface area contributed by atoms with Crippen LogP contribution in [0.4, 0.5) is 0 Å². The average molecular weight is 360 g/mol. The van der Waals surface area contributed by atoms with E-state index in [1.165, 1.54) is 33.6 Å². The van der Waals surface area contributed by atoms with Crippen LogP contribution in [0.25, 0.3) is 0 Å². The molecule has 0 saturated heterocycles. The Morgan fingerprint density at radius 1 is 1.08 bits per heavy atom. The van der Waals surface area contributed by atoms with Crippen molar-refractivity contribution in [3.8, 4) is 28.7 Å². The second-order valence-electron chi connectivity index (χ2n) is 5.00. The number of rotatable bonds is 8.